The lowest BCUT2D eigenvalue weighted by Crippen LogP contribution is -3.00. The lowest BCUT2D eigenvalue weighted by atomic mass is 10.1. The highest BCUT2D eigenvalue weighted by Gasteiger charge is 2.41. The number of hydrogen-bond acceptors (Lipinski definition) is 3. The van der Waals surface area contributed by atoms with Crippen LogP contribution in [0.3, 0.4) is 0 Å². The predicted molar refractivity (Wildman–Crippen MR) is 147 cm³/mol. The van der Waals surface area contributed by atoms with Gasteiger partial charge in [-0.05, 0) is 32.1 Å². The minimum atomic E-state index is -2.58. The van der Waals surface area contributed by atoms with Gasteiger partial charge < -0.3 is 30.2 Å². The molecular formula is C28H62ClNO3Si. The topological polar surface area (TPSA) is 27.7 Å². The van der Waals surface area contributed by atoms with Crippen molar-refractivity contribution in [2.45, 2.75) is 136 Å². The first-order valence-corrected chi connectivity index (χ1v) is 16.6. The van der Waals surface area contributed by atoms with E-state index in [1.807, 2.05) is 0 Å². The van der Waals surface area contributed by atoms with Crippen LogP contribution >= 0.6 is 0 Å². The van der Waals surface area contributed by atoms with Gasteiger partial charge in [-0.2, -0.15) is 0 Å². The second kappa shape index (κ2) is 25.0. The van der Waals surface area contributed by atoms with Crippen LogP contribution in [0, 0.1) is 0 Å². The van der Waals surface area contributed by atoms with Crippen LogP contribution in [0.5, 0.6) is 0 Å². The molecule has 0 aliphatic heterocycles. The SMILES string of the molecule is CCCCCCCCCCC[N+](C)(C)CCC[Si](OCCCC)(OCCCC)OCCCC.[Cl-]. The molecule has 0 amide bonds. The van der Waals surface area contributed by atoms with Crippen molar-refractivity contribution in [2.24, 2.45) is 0 Å². The fourth-order valence-electron chi connectivity index (χ4n) is 4.14. The van der Waals surface area contributed by atoms with Gasteiger partial charge in [0.15, 0.2) is 0 Å². The first-order chi connectivity index (χ1) is 15.9. The standard InChI is InChI=1S/C28H62NO3Si.ClH/c1-7-11-15-16-17-18-19-20-21-23-29(5,6)24-22-28-33(30-25-12-8-2,31-26-13-9-3)32-27-14-10-4;/h7-28H2,1-6H3;1H/q+1;/p-1. The molecule has 6 heteroatoms. The third kappa shape index (κ3) is 21.6. The smallest absolute Gasteiger partial charge is 0.501 e. The number of halogens is 1. The number of unbranched alkanes of at least 4 members (excludes halogenated alkanes) is 11. The van der Waals surface area contributed by atoms with Gasteiger partial charge in [0.1, 0.15) is 0 Å². The molecular weight excluding hydrogens is 462 g/mol. The van der Waals surface area contributed by atoms with Crippen LogP contribution in [0.4, 0.5) is 0 Å². The van der Waals surface area contributed by atoms with Gasteiger partial charge in [-0.3, -0.25) is 0 Å². The molecule has 0 saturated carbocycles. The first-order valence-electron chi connectivity index (χ1n) is 14.7. The molecule has 34 heavy (non-hydrogen) atoms. The monoisotopic (exact) mass is 523 g/mol. The van der Waals surface area contributed by atoms with Gasteiger partial charge in [0.2, 0.25) is 0 Å². The van der Waals surface area contributed by atoms with Gasteiger partial charge in [-0.15, -0.1) is 0 Å². The van der Waals surface area contributed by atoms with Crippen LogP contribution in [0.2, 0.25) is 6.04 Å². The van der Waals surface area contributed by atoms with Crippen LogP contribution in [0.1, 0.15) is 130 Å². The summed E-state index contributed by atoms with van der Waals surface area (Å²) in [6, 6.07) is 0.962. The van der Waals surface area contributed by atoms with E-state index < -0.39 is 8.80 Å². The average Bonchev–Trinajstić information content (AvgIpc) is 2.78. The maximum Gasteiger partial charge on any atom is 0.501 e. The summed E-state index contributed by atoms with van der Waals surface area (Å²) in [5.74, 6) is 0. The fraction of sp³-hybridized carbons (Fsp3) is 1.00. The predicted octanol–water partition coefficient (Wildman–Crippen LogP) is 5.38. The summed E-state index contributed by atoms with van der Waals surface area (Å²) in [5, 5.41) is 0. The third-order valence-electron chi connectivity index (χ3n) is 6.57. The Morgan fingerprint density at radius 3 is 1.24 bits per heavy atom. The number of rotatable bonds is 26. The highest BCUT2D eigenvalue weighted by atomic mass is 35.5. The Kier molecular flexibility index (Phi) is 26.9. The van der Waals surface area contributed by atoms with E-state index in [1.54, 1.807) is 0 Å². The summed E-state index contributed by atoms with van der Waals surface area (Å²) in [6.45, 7) is 13.7. The summed E-state index contributed by atoms with van der Waals surface area (Å²) >= 11 is 0. The number of quaternary nitrogens is 1. The van der Waals surface area contributed by atoms with Crippen molar-refractivity contribution >= 4 is 8.80 Å². The van der Waals surface area contributed by atoms with Crippen LogP contribution in [0.15, 0.2) is 0 Å². The Morgan fingerprint density at radius 1 is 0.471 bits per heavy atom. The van der Waals surface area contributed by atoms with Gasteiger partial charge in [-0.25, -0.2) is 0 Å². The normalized spacial score (nSPS) is 12.2. The molecule has 0 unspecified atom stereocenters. The Morgan fingerprint density at radius 2 is 0.824 bits per heavy atom. The van der Waals surface area contributed by atoms with Crippen molar-refractivity contribution in [2.75, 3.05) is 47.0 Å². The van der Waals surface area contributed by atoms with E-state index in [4.69, 9.17) is 13.3 Å². The van der Waals surface area contributed by atoms with Gasteiger partial charge in [0.05, 0.1) is 27.2 Å². The van der Waals surface area contributed by atoms with Crippen molar-refractivity contribution in [1.82, 2.24) is 0 Å². The molecule has 0 aliphatic carbocycles. The molecule has 0 aromatic heterocycles. The van der Waals surface area contributed by atoms with Crippen molar-refractivity contribution < 1.29 is 30.2 Å². The molecule has 0 heterocycles. The van der Waals surface area contributed by atoms with Crippen molar-refractivity contribution in [3.05, 3.63) is 0 Å². The molecule has 4 nitrogen and oxygen atoms in total. The first kappa shape index (κ1) is 36.5. The Labute approximate surface area is 222 Å². The molecule has 0 aromatic rings. The second-order valence-corrected chi connectivity index (χ2v) is 13.3. The Balaban J connectivity index is 0. The van der Waals surface area contributed by atoms with E-state index in [0.29, 0.717) is 0 Å². The highest BCUT2D eigenvalue weighted by Crippen LogP contribution is 2.22. The molecule has 0 atom stereocenters. The largest absolute Gasteiger partial charge is 1.00 e. The lowest BCUT2D eigenvalue weighted by molar-refractivity contribution is -0.890. The van der Waals surface area contributed by atoms with E-state index in [0.717, 1.165) is 75.3 Å². The summed E-state index contributed by atoms with van der Waals surface area (Å²) in [6.07, 6.45) is 20.4. The molecule has 208 valence electrons. The maximum atomic E-state index is 6.43. The zero-order valence-corrected chi connectivity index (χ0v) is 25.9. The molecule has 0 saturated heterocycles. The quantitative estimate of drug-likeness (QED) is 0.0865. The second-order valence-electron chi connectivity index (χ2n) is 10.6. The fourth-order valence-corrected chi connectivity index (χ4v) is 6.78. The van der Waals surface area contributed by atoms with Crippen LogP contribution in [-0.2, 0) is 13.3 Å². The van der Waals surface area contributed by atoms with Crippen LogP contribution in [0.25, 0.3) is 0 Å². The molecule has 0 N–H and O–H groups in total. The molecule has 0 bridgehead atoms. The number of hydrogen-bond donors (Lipinski definition) is 0. The average molecular weight is 524 g/mol. The summed E-state index contributed by atoms with van der Waals surface area (Å²) < 4.78 is 20.4. The van der Waals surface area contributed by atoms with Gasteiger partial charge in [-0.1, -0.05) is 91.9 Å². The van der Waals surface area contributed by atoms with E-state index in [1.165, 1.54) is 70.9 Å². The van der Waals surface area contributed by atoms with Gasteiger partial charge >= 0.3 is 8.80 Å². The van der Waals surface area contributed by atoms with Crippen LogP contribution in [-0.4, -0.2) is 60.3 Å². The molecule has 0 rings (SSSR count). The zero-order chi connectivity index (χ0) is 24.7. The van der Waals surface area contributed by atoms with E-state index >= 15 is 0 Å². The molecule has 0 aromatic carbocycles. The van der Waals surface area contributed by atoms with E-state index in [2.05, 4.69) is 41.8 Å². The van der Waals surface area contributed by atoms with Gasteiger partial charge in [0.25, 0.3) is 0 Å². The highest BCUT2D eigenvalue weighted by molar-refractivity contribution is 6.60. The summed E-state index contributed by atoms with van der Waals surface area (Å²) in [5.41, 5.74) is 0. The minimum absolute atomic E-state index is 0. The zero-order valence-electron chi connectivity index (χ0n) is 24.1. The van der Waals surface area contributed by atoms with Crippen LogP contribution < -0.4 is 12.4 Å². The Bertz CT molecular complexity index is 387. The molecule has 0 radical (unpaired) electrons. The molecule has 0 fully saturated rings. The minimum Gasteiger partial charge on any atom is -1.00 e. The van der Waals surface area contributed by atoms with Crippen molar-refractivity contribution in [3.63, 3.8) is 0 Å². The summed E-state index contributed by atoms with van der Waals surface area (Å²) in [4.78, 5) is 0. The lowest BCUT2D eigenvalue weighted by Gasteiger charge is -2.33. The van der Waals surface area contributed by atoms with E-state index in [9.17, 15) is 0 Å². The molecule has 0 aliphatic rings. The summed E-state index contributed by atoms with van der Waals surface area (Å²) in [7, 11) is 2.20. The Hall–Kier alpha value is 0.347. The maximum absolute atomic E-state index is 6.43. The van der Waals surface area contributed by atoms with Crippen molar-refractivity contribution in [1.29, 1.82) is 0 Å². The number of nitrogens with zero attached hydrogens (tertiary/aromatic N) is 1. The van der Waals surface area contributed by atoms with Crippen molar-refractivity contribution in [3.8, 4) is 0 Å². The molecule has 0 spiro atoms. The van der Waals surface area contributed by atoms with E-state index in [-0.39, 0.29) is 12.4 Å². The van der Waals surface area contributed by atoms with Gasteiger partial charge in [0, 0.05) is 32.3 Å². The third-order valence-corrected chi connectivity index (χ3v) is 9.47.